The van der Waals surface area contributed by atoms with E-state index in [9.17, 15) is 29.7 Å². The minimum Gasteiger partial charge on any atom is -0.460 e. The van der Waals surface area contributed by atoms with Crippen LogP contribution in [0.1, 0.15) is 72.1 Å². The number of hydrogen-bond acceptors (Lipinski definition) is 8. The van der Waals surface area contributed by atoms with Crippen molar-refractivity contribution < 1.29 is 39.2 Å². The summed E-state index contributed by atoms with van der Waals surface area (Å²) in [6.07, 6.45) is 2.74. The molecule has 2 rings (SSSR count). The second-order valence-electron chi connectivity index (χ2n) is 11.1. The van der Waals surface area contributed by atoms with Crippen LogP contribution in [-0.4, -0.2) is 83.3 Å². The molecule has 5 N–H and O–H groups in total. The smallest absolute Gasteiger partial charge is 0.306 e. The van der Waals surface area contributed by atoms with E-state index in [4.69, 9.17) is 9.47 Å². The Balaban J connectivity index is 1.89. The predicted molar refractivity (Wildman–Crippen MR) is 133 cm³/mol. The van der Waals surface area contributed by atoms with Crippen LogP contribution >= 0.6 is 0 Å². The van der Waals surface area contributed by atoms with Gasteiger partial charge >= 0.3 is 5.97 Å². The van der Waals surface area contributed by atoms with E-state index < -0.39 is 48.4 Å². The summed E-state index contributed by atoms with van der Waals surface area (Å²) in [5, 5.41) is 36.2. The Bertz CT molecular complexity index is 760. The number of aliphatic hydroxyl groups excluding tert-OH is 3. The first kappa shape index (κ1) is 30.2. The fraction of sp³-hybridized carbons (Fsp3) is 0.808. The van der Waals surface area contributed by atoms with Crippen molar-refractivity contribution in [3.05, 3.63) is 12.2 Å². The SMILES string of the molecule is CO[C@@H](C(=O)N[C@H]1CC[C@@H](OC(=O)CC2CCCCC2)CNC1=O)[C@H](O)[C@@H](O)[C@H](O)/C=C/C(C)(C)C. The molecule has 1 aliphatic carbocycles. The molecule has 206 valence electrons. The molecule has 0 radical (unpaired) electrons. The van der Waals surface area contributed by atoms with Gasteiger partial charge in [-0.3, -0.25) is 14.4 Å². The normalized spacial score (nSPS) is 25.4. The van der Waals surface area contributed by atoms with Crippen molar-refractivity contribution in [1.29, 1.82) is 0 Å². The molecule has 10 nitrogen and oxygen atoms in total. The summed E-state index contributed by atoms with van der Waals surface area (Å²) in [4.78, 5) is 37.7. The maximum absolute atomic E-state index is 12.8. The van der Waals surface area contributed by atoms with Crippen molar-refractivity contribution in [2.45, 2.75) is 109 Å². The lowest BCUT2D eigenvalue weighted by molar-refractivity contribution is -0.151. The number of aliphatic hydroxyl groups is 3. The lowest BCUT2D eigenvalue weighted by Gasteiger charge is -2.28. The van der Waals surface area contributed by atoms with Crippen LogP contribution in [0.15, 0.2) is 12.2 Å². The largest absolute Gasteiger partial charge is 0.460 e. The first-order valence-corrected chi connectivity index (χ1v) is 12.9. The number of amides is 2. The number of hydrogen-bond donors (Lipinski definition) is 5. The Labute approximate surface area is 213 Å². The summed E-state index contributed by atoms with van der Waals surface area (Å²) < 4.78 is 10.7. The van der Waals surface area contributed by atoms with Crippen molar-refractivity contribution in [3.8, 4) is 0 Å². The van der Waals surface area contributed by atoms with Crippen molar-refractivity contribution >= 4 is 17.8 Å². The molecule has 0 unspecified atom stereocenters. The van der Waals surface area contributed by atoms with Crippen LogP contribution in [0, 0.1) is 11.3 Å². The summed E-state index contributed by atoms with van der Waals surface area (Å²) in [6, 6.07) is -0.924. The molecule has 1 saturated heterocycles. The fourth-order valence-corrected chi connectivity index (χ4v) is 4.56. The summed E-state index contributed by atoms with van der Waals surface area (Å²) in [5.74, 6) is -1.15. The van der Waals surface area contributed by atoms with Crippen LogP contribution in [0.2, 0.25) is 0 Å². The monoisotopic (exact) mass is 512 g/mol. The highest BCUT2D eigenvalue weighted by Crippen LogP contribution is 2.27. The average Bonchev–Trinajstić information content (AvgIpc) is 2.98. The first-order chi connectivity index (χ1) is 16.9. The molecule has 0 spiro atoms. The quantitative estimate of drug-likeness (QED) is 0.214. The second-order valence-corrected chi connectivity index (χ2v) is 11.1. The molecule has 2 amide bonds. The molecule has 10 heteroatoms. The summed E-state index contributed by atoms with van der Waals surface area (Å²) in [7, 11) is 1.19. The van der Waals surface area contributed by atoms with Gasteiger partial charge in [-0.25, -0.2) is 0 Å². The number of rotatable bonds is 10. The minimum absolute atomic E-state index is 0.156. The Morgan fingerprint density at radius 2 is 1.75 bits per heavy atom. The third kappa shape index (κ3) is 9.80. The molecule has 0 aromatic heterocycles. The number of carbonyl (C=O) groups is 3. The molecule has 2 fully saturated rings. The number of nitrogens with one attached hydrogen (secondary N) is 2. The zero-order valence-electron chi connectivity index (χ0n) is 21.9. The van der Waals surface area contributed by atoms with Gasteiger partial charge in [-0.2, -0.15) is 0 Å². The Hall–Kier alpha value is -2.01. The van der Waals surface area contributed by atoms with Gasteiger partial charge < -0.3 is 35.4 Å². The molecule has 36 heavy (non-hydrogen) atoms. The highest BCUT2D eigenvalue weighted by molar-refractivity contribution is 5.89. The van der Waals surface area contributed by atoms with Gasteiger partial charge in [0, 0.05) is 13.5 Å². The number of allylic oxidation sites excluding steroid dienone is 1. The van der Waals surface area contributed by atoms with Crippen molar-refractivity contribution in [2.24, 2.45) is 11.3 Å². The van der Waals surface area contributed by atoms with E-state index in [1.807, 2.05) is 20.8 Å². The zero-order valence-corrected chi connectivity index (χ0v) is 21.9. The van der Waals surface area contributed by atoms with Gasteiger partial charge in [0.1, 0.15) is 30.5 Å². The Morgan fingerprint density at radius 3 is 2.36 bits per heavy atom. The zero-order chi connectivity index (χ0) is 26.9. The van der Waals surface area contributed by atoms with E-state index in [1.54, 1.807) is 6.08 Å². The summed E-state index contributed by atoms with van der Waals surface area (Å²) in [5.41, 5.74) is -0.251. The van der Waals surface area contributed by atoms with Crippen LogP contribution < -0.4 is 10.6 Å². The third-order valence-electron chi connectivity index (χ3n) is 6.71. The molecular formula is C26H44N2O8. The van der Waals surface area contributed by atoms with E-state index in [-0.39, 0.29) is 24.3 Å². The van der Waals surface area contributed by atoms with E-state index in [0.29, 0.717) is 18.8 Å². The lowest BCUT2D eigenvalue weighted by Crippen LogP contribution is -2.55. The molecule has 1 aliphatic heterocycles. The minimum atomic E-state index is -1.74. The molecule has 1 saturated carbocycles. The molecule has 0 aromatic rings. The van der Waals surface area contributed by atoms with Gasteiger partial charge in [0.15, 0.2) is 6.10 Å². The van der Waals surface area contributed by atoms with Crippen molar-refractivity contribution in [1.82, 2.24) is 10.6 Å². The Morgan fingerprint density at radius 1 is 1.08 bits per heavy atom. The Kier molecular flexibility index (Phi) is 11.8. The fourth-order valence-electron chi connectivity index (χ4n) is 4.56. The van der Waals surface area contributed by atoms with E-state index in [1.165, 1.54) is 19.6 Å². The van der Waals surface area contributed by atoms with Crippen LogP contribution in [0.5, 0.6) is 0 Å². The summed E-state index contributed by atoms with van der Waals surface area (Å²) >= 11 is 0. The van der Waals surface area contributed by atoms with Gasteiger partial charge in [-0.15, -0.1) is 0 Å². The average molecular weight is 513 g/mol. The first-order valence-electron chi connectivity index (χ1n) is 12.9. The molecule has 1 heterocycles. The maximum Gasteiger partial charge on any atom is 0.306 e. The second kappa shape index (κ2) is 14.1. The highest BCUT2D eigenvalue weighted by Gasteiger charge is 2.37. The maximum atomic E-state index is 12.8. The summed E-state index contributed by atoms with van der Waals surface area (Å²) in [6.45, 7) is 5.88. The van der Waals surface area contributed by atoms with E-state index in [0.717, 1.165) is 25.7 Å². The molecule has 0 bridgehead atoms. The van der Waals surface area contributed by atoms with Crippen LogP contribution in [0.4, 0.5) is 0 Å². The van der Waals surface area contributed by atoms with Gasteiger partial charge in [-0.05, 0) is 37.0 Å². The van der Waals surface area contributed by atoms with Crippen LogP contribution in [-0.2, 0) is 23.9 Å². The van der Waals surface area contributed by atoms with E-state index >= 15 is 0 Å². The van der Waals surface area contributed by atoms with Gasteiger partial charge in [-0.1, -0.05) is 52.2 Å². The number of carbonyl (C=O) groups excluding carboxylic acids is 3. The van der Waals surface area contributed by atoms with Gasteiger partial charge in [0.2, 0.25) is 5.91 Å². The van der Waals surface area contributed by atoms with Crippen LogP contribution in [0.3, 0.4) is 0 Å². The third-order valence-corrected chi connectivity index (χ3v) is 6.71. The van der Waals surface area contributed by atoms with Gasteiger partial charge in [0.05, 0.1) is 6.54 Å². The number of ether oxygens (including phenoxy) is 2. The molecule has 2 aliphatic rings. The molecule has 0 aromatic carbocycles. The van der Waals surface area contributed by atoms with Crippen LogP contribution in [0.25, 0.3) is 0 Å². The topological polar surface area (TPSA) is 154 Å². The number of esters is 1. The lowest BCUT2D eigenvalue weighted by atomic mass is 9.87. The van der Waals surface area contributed by atoms with E-state index in [2.05, 4.69) is 10.6 Å². The standard InChI is InChI=1S/C26H44N2O8/c1-26(2,3)13-12-19(29)21(31)22(32)23(35-4)25(34)28-18-11-10-17(15-27-24(18)33)36-20(30)14-16-8-6-5-7-9-16/h12-13,16-19,21-23,29,31-32H,5-11,14-15H2,1-4H3,(H,27,33)(H,28,34)/b13-12+/t17-,18+,19-,21+,22-,23-/m1/s1. The van der Waals surface area contributed by atoms with Crippen molar-refractivity contribution in [3.63, 3.8) is 0 Å². The highest BCUT2D eigenvalue weighted by atomic mass is 16.5. The molecular weight excluding hydrogens is 468 g/mol. The van der Waals surface area contributed by atoms with Gasteiger partial charge in [0.25, 0.3) is 5.91 Å². The predicted octanol–water partition coefficient (Wildman–Crippen LogP) is 0.963. The van der Waals surface area contributed by atoms with Crippen molar-refractivity contribution in [2.75, 3.05) is 13.7 Å². The molecule has 6 atom stereocenters. The number of methoxy groups -OCH3 is 1.